The number of nitrogens with two attached hydrogens (primary N) is 4. The molecule has 16 nitrogen and oxygen atoms in total. The lowest BCUT2D eigenvalue weighted by Crippen LogP contribution is -2.59. The predicted octanol–water partition coefficient (Wildman–Crippen LogP) is -2.72. The number of carbonyl (C=O) groups is 5. The Hall–Kier alpha value is -4.70. The molecule has 16 heteroatoms. The summed E-state index contributed by atoms with van der Waals surface area (Å²) >= 11 is 0. The Morgan fingerprint density at radius 2 is 1.62 bits per heavy atom. The van der Waals surface area contributed by atoms with Crippen LogP contribution in [0.2, 0.25) is 0 Å². The van der Waals surface area contributed by atoms with Gasteiger partial charge in [-0.25, -0.2) is 4.79 Å². The number of aliphatic hydroxyl groups excluding tert-OH is 1. The summed E-state index contributed by atoms with van der Waals surface area (Å²) < 4.78 is 0. The Balaban J connectivity index is 2.19. The van der Waals surface area contributed by atoms with Crippen molar-refractivity contribution >= 4 is 46.5 Å². The summed E-state index contributed by atoms with van der Waals surface area (Å²) in [4.78, 5) is 68.8. The zero-order valence-electron chi connectivity index (χ0n) is 23.2. The second-order valence-corrected chi connectivity index (χ2v) is 9.81. The third kappa shape index (κ3) is 10.4. The number of hydrogen-bond acceptors (Lipinski definition) is 8. The summed E-state index contributed by atoms with van der Waals surface area (Å²) in [7, 11) is 0. The van der Waals surface area contributed by atoms with Gasteiger partial charge in [0.15, 0.2) is 5.96 Å². The Morgan fingerprint density at radius 1 is 0.952 bits per heavy atom. The van der Waals surface area contributed by atoms with Crippen LogP contribution in [0.3, 0.4) is 0 Å². The topological polar surface area (TPSA) is 294 Å². The number of benzene rings is 1. The molecule has 1 heterocycles. The number of fused-ring (bicyclic) bond motifs is 1. The molecule has 0 bridgehead atoms. The van der Waals surface area contributed by atoms with Crippen molar-refractivity contribution in [3.8, 4) is 0 Å². The quantitative estimate of drug-likeness (QED) is 0.0516. The van der Waals surface area contributed by atoms with E-state index >= 15 is 0 Å². The van der Waals surface area contributed by atoms with Crippen LogP contribution < -0.4 is 38.9 Å². The van der Waals surface area contributed by atoms with Crippen molar-refractivity contribution in [2.24, 2.45) is 27.9 Å². The fourth-order valence-corrected chi connectivity index (χ4v) is 4.12. The molecular weight excluding hydrogens is 550 g/mol. The summed E-state index contributed by atoms with van der Waals surface area (Å²) in [6, 6.07) is 1.95. The van der Waals surface area contributed by atoms with E-state index in [0.29, 0.717) is 5.56 Å². The van der Waals surface area contributed by atoms with Gasteiger partial charge in [-0.1, -0.05) is 18.2 Å². The van der Waals surface area contributed by atoms with Crippen molar-refractivity contribution in [1.82, 2.24) is 20.9 Å². The highest BCUT2D eigenvalue weighted by Gasteiger charge is 2.32. The van der Waals surface area contributed by atoms with E-state index in [2.05, 4.69) is 25.9 Å². The molecule has 42 heavy (non-hydrogen) atoms. The average molecular weight is 590 g/mol. The Morgan fingerprint density at radius 3 is 2.24 bits per heavy atom. The summed E-state index contributed by atoms with van der Waals surface area (Å²) in [5.74, 6) is -4.69. The molecule has 14 N–H and O–H groups in total. The molecule has 230 valence electrons. The Bertz CT molecular complexity index is 1290. The van der Waals surface area contributed by atoms with Crippen LogP contribution in [0.4, 0.5) is 0 Å². The van der Waals surface area contributed by atoms with Crippen molar-refractivity contribution < 1.29 is 34.2 Å². The van der Waals surface area contributed by atoms with Crippen LogP contribution in [0, 0.1) is 0 Å². The number of nitrogens with zero attached hydrogens (tertiary/aromatic N) is 1. The lowest BCUT2D eigenvalue weighted by atomic mass is 10.0. The van der Waals surface area contributed by atoms with Crippen molar-refractivity contribution in [2.75, 3.05) is 6.54 Å². The Kier molecular flexibility index (Phi) is 12.7. The monoisotopic (exact) mass is 589 g/mol. The summed E-state index contributed by atoms with van der Waals surface area (Å²) in [6.07, 6.45) is 0.170. The molecule has 1 aromatic heterocycles. The first kappa shape index (κ1) is 33.5. The molecule has 0 aliphatic carbocycles. The van der Waals surface area contributed by atoms with E-state index in [0.717, 1.165) is 10.9 Å². The van der Waals surface area contributed by atoms with Crippen molar-refractivity contribution in [3.05, 3.63) is 36.0 Å². The number of primary amides is 1. The van der Waals surface area contributed by atoms with Crippen LogP contribution >= 0.6 is 0 Å². The number of carboxylic acids is 1. The van der Waals surface area contributed by atoms with Crippen LogP contribution in [-0.2, 0) is 30.4 Å². The van der Waals surface area contributed by atoms with Gasteiger partial charge in [0.1, 0.15) is 18.1 Å². The van der Waals surface area contributed by atoms with Crippen LogP contribution in [0.15, 0.2) is 35.5 Å². The van der Waals surface area contributed by atoms with E-state index in [1.165, 1.54) is 6.92 Å². The molecule has 4 amide bonds. The van der Waals surface area contributed by atoms with Crippen LogP contribution in [0.5, 0.6) is 0 Å². The molecule has 0 saturated carbocycles. The first-order valence-corrected chi connectivity index (χ1v) is 13.3. The standard InChI is InChI=1S/C26H39N9O7/c1-13(36)21(35-22(38)16(27)8-9-20(28)37)24(40)33-18(7-4-10-31-26(29)30)23(39)34-19(25(41)42)11-14-12-32-17-6-3-2-5-15(14)17/h2-3,5-6,12-13,16,18-19,21,32,36H,4,7-11,27H2,1H3,(H2,28,37)(H,33,40)(H,34,39)(H,35,38)(H,41,42)(H4,29,30,31). The molecule has 0 radical (unpaired) electrons. The molecule has 1 aromatic carbocycles. The number of aliphatic carboxylic acids is 1. The van der Waals surface area contributed by atoms with Gasteiger partial charge in [0.05, 0.1) is 12.1 Å². The smallest absolute Gasteiger partial charge is 0.326 e. The van der Waals surface area contributed by atoms with Crippen LogP contribution in [0.25, 0.3) is 10.9 Å². The molecule has 5 unspecified atom stereocenters. The minimum atomic E-state index is -1.52. The third-order valence-electron chi connectivity index (χ3n) is 6.39. The number of aromatic amines is 1. The van der Waals surface area contributed by atoms with E-state index in [-0.39, 0.29) is 44.6 Å². The fraction of sp³-hybridized carbons (Fsp3) is 0.462. The fourth-order valence-electron chi connectivity index (χ4n) is 4.12. The largest absolute Gasteiger partial charge is 0.480 e. The van der Waals surface area contributed by atoms with E-state index in [9.17, 15) is 34.2 Å². The van der Waals surface area contributed by atoms with E-state index < -0.39 is 59.9 Å². The first-order valence-electron chi connectivity index (χ1n) is 13.3. The summed E-state index contributed by atoms with van der Waals surface area (Å²) in [6.45, 7) is 1.36. The normalized spacial score (nSPS) is 14.5. The van der Waals surface area contributed by atoms with Gasteiger partial charge in [0.25, 0.3) is 0 Å². The number of amides is 4. The number of guanidine groups is 1. The van der Waals surface area contributed by atoms with E-state index in [4.69, 9.17) is 22.9 Å². The van der Waals surface area contributed by atoms with Gasteiger partial charge in [-0.3, -0.25) is 24.2 Å². The lowest BCUT2D eigenvalue weighted by molar-refractivity contribution is -0.142. The average Bonchev–Trinajstić information content (AvgIpc) is 3.33. The minimum absolute atomic E-state index is 0.00756. The van der Waals surface area contributed by atoms with Crippen LogP contribution in [0.1, 0.15) is 38.2 Å². The summed E-state index contributed by atoms with van der Waals surface area (Å²) in [5.41, 5.74) is 23.0. The van der Waals surface area contributed by atoms with Gasteiger partial charge < -0.3 is 54.1 Å². The van der Waals surface area contributed by atoms with Gasteiger partial charge in [-0.05, 0) is 37.8 Å². The molecule has 0 fully saturated rings. The SMILES string of the molecule is CC(O)C(NC(=O)C(N)CCC(N)=O)C(=O)NC(CCCN=C(N)N)C(=O)NC(Cc1c[nH]c2ccccc12)C(=O)O. The molecule has 5 atom stereocenters. The minimum Gasteiger partial charge on any atom is -0.480 e. The number of hydrogen-bond donors (Lipinski definition) is 10. The lowest BCUT2D eigenvalue weighted by Gasteiger charge is -2.26. The van der Waals surface area contributed by atoms with E-state index in [1.54, 1.807) is 12.3 Å². The van der Waals surface area contributed by atoms with Crippen molar-refractivity contribution in [2.45, 2.75) is 69.3 Å². The molecule has 0 saturated heterocycles. The van der Waals surface area contributed by atoms with Gasteiger partial charge in [-0.15, -0.1) is 0 Å². The molecular formula is C26H39N9O7. The molecule has 0 spiro atoms. The number of nitrogens with one attached hydrogen (secondary N) is 4. The van der Waals surface area contributed by atoms with Gasteiger partial charge in [-0.2, -0.15) is 0 Å². The number of aliphatic hydroxyl groups is 1. The molecule has 2 rings (SSSR count). The number of H-pyrrole nitrogens is 1. The molecule has 0 aliphatic heterocycles. The second kappa shape index (κ2) is 15.9. The van der Waals surface area contributed by atoms with Crippen LogP contribution in [-0.4, -0.2) is 87.6 Å². The van der Waals surface area contributed by atoms with Crippen molar-refractivity contribution in [1.29, 1.82) is 0 Å². The maximum absolute atomic E-state index is 13.3. The number of rotatable bonds is 17. The number of aliphatic imine (C=N–C) groups is 1. The highest BCUT2D eigenvalue weighted by molar-refractivity contribution is 5.94. The van der Waals surface area contributed by atoms with Crippen molar-refractivity contribution in [3.63, 3.8) is 0 Å². The third-order valence-corrected chi connectivity index (χ3v) is 6.39. The predicted molar refractivity (Wildman–Crippen MR) is 153 cm³/mol. The number of para-hydroxylation sites is 1. The number of aromatic nitrogens is 1. The van der Waals surface area contributed by atoms with Gasteiger partial charge in [0, 0.05) is 36.5 Å². The zero-order valence-corrected chi connectivity index (χ0v) is 23.2. The highest BCUT2D eigenvalue weighted by Crippen LogP contribution is 2.19. The summed E-state index contributed by atoms with van der Waals surface area (Å²) in [5, 5.41) is 28.1. The Labute approximate surface area is 241 Å². The van der Waals surface area contributed by atoms with Gasteiger partial charge in [0.2, 0.25) is 23.6 Å². The second-order valence-electron chi connectivity index (χ2n) is 9.81. The van der Waals surface area contributed by atoms with E-state index in [1.807, 2.05) is 18.2 Å². The maximum atomic E-state index is 13.3. The van der Waals surface area contributed by atoms with Gasteiger partial charge >= 0.3 is 5.97 Å². The highest BCUT2D eigenvalue weighted by atomic mass is 16.4. The zero-order chi connectivity index (χ0) is 31.4. The number of carbonyl (C=O) groups excluding carboxylic acids is 4. The molecule has 2 aromatic rings. The number of carboxylic acid groups (broad SMARTS) is 1. The first-order chi connectivity index (χ1) is 19.8. The molecule has 0 aliphatic rings. The maximum Gasteiger partial charge on any atom is 0.326 e.